The number of hydrogen-bond acceptors (Lipinski definition) is 1. The van der Waals surface area contributed by atoms with Crippen molar-refractivity contribution in [3.8, 4) is 0 Å². The van der Waals surface area contributed by atoms with Crippen LogP contribution in [0.25, 0.3) is 0 Å². The van der Waals surface area contributed by atoms with Gasteiger partial charge in [-0.3, -0.25) is 0 Å². The van der Waals surface area contributed by atoms with Crippen LogP contribution in [0.15, 0.2) is 12.3 Å². The van der Waals surface area contributed by atoms with E-state index in [1.807, 2.05) is 0 Å². The van der Waals surface area contributed by atoms with Crippen LogP contribution in [0.3, 0.4) is 0 Å². The summed E-state index contributed by atoms with van der Waals surface area (Å²) in [6.45, 7) is 7.98. The van der Waals surface area contributed by atoms with Crippen molar-refractivity contribution in [2.75, 3.05) is 6.54 Å². The Kier molecular flexibility index (Phi) is 2.36. The highest BCUT2D eigenvalue weighted by atomic mass is 15.1. The molecule has 0 saturated carbocycles. The molecule has 1 aliphatic rings. The summed E-state index contributed by atoms with van der Waals surface area (Å²) >= 11 is 0. The fraction of sp³-hybridized carbons (Fsp3) is 0.778. The fourth-order valence-corrected chi connectivity index (χ4v) is 1.21. The highest BCUT2D eigenvalue weighted by Crippen LogP contribution is 2.14. The van der Waals surface area contributed by atoms with Crippen LogP contribution in [0.2, 0.25) is 0 Å². The van der Waals surface area contributed by atoms with E-state index in [1.165, 1.54) is 13.0 Å². The van der Waals surface area contributed by atoms with E-state index in [-0.39, 0.29) is 0 Å². The molecular weight excluding hydrogens is 122 g/mol. The van der Waals surface area contributed by atoms with Gasteiger partial charge < -0.3 is 4.90 Å². The Balaban J connectivity index is 2.45. The third kappa shape index (κ3) is 1.76. The zero-order valence-corrected chi connectivity index (χ0v) is 7.17. The second-order valence-electron chi connectivity index (χ2n) is 3.44. The molecule has 0 aromatic rings. The molecule has 0 aromatic carbocycles. The van der Waals surface area contributed by atoms with E-state index in [0.29, 0.717) is 6.04 Å². The van der Waals surface area contributed by atoms with Crippen LogP contribution >= 0.6 is 0 Å². The zero-order valence-electron chi connectivity index (χ0n) is 7.17. The van der Waals surface area contributed by atoms with Gasteiger partial charge in [-0.15, -0.1) is 0 Å². The van der Waals surface area contributed by atoms with Gasteiger partial charge in [-0.25, -0.2) is 0 Å². The van der Waals surface area contributed by atoms with E-state index in [4.69, 9.17) is 0 Å². The van der Waals surface area contributed by atoms with Crippen LogP contribution in [0.1, 0.15) is 27.2 Å². The molecule has 1 nitrogen and oxygen atoms in total. The van der Waals surface area contributed by atoms with Gasteiger partial charge in [0.05, 0.1) is 0 Å². The molecule has 10 heavy (non-hydrogen) atoms. The Hall–Kier alpha value is -0.460. The summed E-state index contributed by atoms with van der Waals surface area (Å²) in [5, 5.41) is 0. The van der Waals surface area contributed by atoms with Gasteiger partial charge in [-0.1, -0.05) is 13.0 Å². The molecule has 0 fully saturated rings. The van der Waals surface area contributed by atoms with Crippen LogP contribution in [0.5, 0.6) is 0 Å². The lowest BCUT2D eigenvalue weighted by Gasteiger charge is -2.29. The Morgan fingerprint density at radius 2 is 2.20 bits per heavy atom. The zero-order chi connectivity index (χ0) is 7.56. The Morgan fingerprint density at radius 1 is 1.50 bits per heavy atom. The monoisotopic (exact) mass is 139 g/mol. The first-order chi connectivity index (χ1) is 4.70. The van der Waals surface area contributed by atoms with Crippen LogP contribution < -0.4 is 0 Å². The summed E-state index contributed by atoms with van der Waals surface area (Å²) in [4.78, 5) is 2.39. The first-order valence-corrected chi connectivity index (χ1v) is 4.14. The third-order valence-electron chi connectivity index (χ3n) is 2.11. The minimum atomic E-state index is 0.670. The van der Waals surface area contributed by atoms with Crippen molar-refractivity contribution < 1.29 is 0 Å². The summed E-state index contributed by atoms with van der Waals surface area (Å²) < 4.78 is 0. The lowest BCUT2D eigenvalue weighted by molar-refractivity contribution is 0.278. The summed E-state index contributed by atoms with van der Waals surface area (Å²) in [5.74, 6) is 0.787. The maximum absolute atomic E-state index is 2.39. The van der Waals surface area contributed by atoms with Crippen molar-refractivity contribution in [1.29, 1.82) is 0 Å². The van der Waals surface area contributed by atoms with E-state index >= 15 is 0 Å². The van der Waals surface area contributed by atoms with Gasteiger partial charge in [0, 0.05) is 12.6 Å². The van der Waals surface area contributed by atoms with Gasteiger partial charge in [0.25, 0.3) is 0 Å². The molecule has 0 bridgehead atoms. The molecule has 1 heterocycles. The maximum Gasteiger partial charge on any atom is 0.0227 e. The standard InChI is InChI=1S/C9H17N/c1-8(2)10-6-4-9(3)5-7-10/h4,6,8-9H,5,7H2,1-3H3. The SMILES string of the molecule is CC1C=CN(C(C)C)CC1. The molecule has 1 unspecified atom stereocenters. The predicted octanol–water partition coefficient (Wildman–Crippen LogP) is 2.25. The molecule has 0 radical (unpaired) electrons. The van der Waals surface area contributed by atoms with Crippen molar-refractivity contribution in [2.45, 2.75) is 33.2 Å². The fourth-order valence-electron chi connectivity index (χ4n) is 1.21. The maximum atomic E-state index is 2.39. The van der Waals surface area contributed by atoms with E-state index in [9.17, 15) is 0 Å². The van der Waals surface area contributed by atoms with Crippen molar-refractivity contribution in [2.24, 2.45) is 5.92 Å². The first-order valence-electron chi connectivity index (χ1n) is 4.14. The minimum absolute atomic E-state index is 0.670. The lowest BCUT2D eigenvalue weighted by atomic mass is 10.0. The predicted molar refractivity (Wildman–Crippen MR) is 44.8 cm³/mol. The highest BCUT2D eigenvalue weighted by Gasteiger charge is 2.10. The molecule has 1 rings (SSSR count). The molecule has 58 valence electrons. The normalized spacial score (nSPS) is 26.0. The Labute approximate surface area is 63.7 Å². The van der Waals surface area contributed by atoms with Crippen molar-refractivity contribution in [3.63, 3.8) is 0 Å². The molecule has 0 amide bonds. The molecule has 1 aliphatic heterocycles. The average molecular weight is 139 g/mol. The first kappa shape index (κ1) is 7.64. The van der Waals surface area contributed by atoms with Gasteiger partial charge >= 0.3 is 0 Å². The van der Waals surface area contributed by atoms with Crippen molar-refractivity contribution in [1.82, 2.24) is 4.90 Å². The quantitative estimate of drug-likeness (QED) is 0.538. The number of hydrogen-bond donors (Lipinski definition) is 0. The number of allylic oxidation sites excluding steroid dienone is 1. The smallest absolute Gasteiger partial charge is 0.0227 e. The van der Waals surface area contributed by atoms with Crippen LogP contribution in [0, 0.1) is 5.92 Å². The molecule has 0 aromatic heterocycles. The van der Waals surface area contributed by atoms with Crippen LogP contribution in [-0.4, -0.2) is 17.5 Å². The summed E-state index contributed by atoms with van der Waals surface area (Å²) in [5.41, 5.74) is 0. The van der Waals surface area contributed by atoms with Gasteiger partial charge in [-0.05, 0) is 32.4 Å². The summed E-state index contributed by atoms with van der Waals surface area (Å²) in [6, 6.07) is 0.670. The summed E-state index contributed by atoms with van der Waals surface area (Å²) in [7, 11) is 0. The number of rotatable bonds is 1. The van der Waals surface area contributed by atoms with Crippen LogP contribution in [0.4, 0.5) is 0 Å². The minimum Gasteiger partial charge on any atom is -0.375 e. The van der Waals surface area contributed by atoms with E-state index < -0.39 is 0 Å². The van der Waals surface area contributed by atoms with Crippen LogP contribution in [-0.2, 0) is 0 Å². The molecule has 1 atom stereocenters. The molecule has 1 heteroatoms. The Morgan fingerprint density at radius 3 is 2.60 bits per heavy atom. The van der Waals surface area contributed by atoms with Crippen molar-refractivity contribution >= 4 is 0 Å². The molecular formula is C9H17N. The Bertz CT molecular complexity index is 127. The summed E-state index contributed by atoms with van der Waals surface area (Å²) in [6.07, 6.45) is 5.84. The molecule has 0 saturated heterocycles. The van der Waals surface area contributed by atoms with Gasteiger partial charge in [0.15, 0.2) is 0 Å². The van der Waals surface area contributed by atoms with E-state index in [2.05, 4.69) is 37.9 Å². The highest BCUT2D eigenvalue weighted by molar-refractivity contribution is 4.93. The van der Waals surface area contributed by atoms with Gasteiger partial charge in [0.1, 0.15) is 0 Å². The largest absolute Gasteiger partial charge is 0.375 e. The lowest BCUT2D eigenvalue weighted by Crippen LogP contribution is -2.29. The average Bonchev–Trinajstić information content (AvgIpc) is 1.88. The van der Waals surface area contributed by atoms with Crippen molar-refractivity contribution in [3.05, 3.63) is 12.3 Å². The second kappa shape index (κ2) is 3.09. The van der Waals surface area contributed by atoms with E-state index in [0.717, 1.165) is 5.92 Å². The molecule has 0 N–H and O–H groups in total. The van der Waals surface area contributed by atoms with Gasteiger partial charge in [-0.2, -0.15) is 0 Å². The third-order valence-corrected chi connectivity index (χ3v) is 2.11. The van der Waals surface area contributed by atoms with Gasteiger partial charge in [0.2, 0.25) is 0 Å². The number of nitrogens with zero attached hydrogens (tertiary/aromatic N) is 1. The second-order valence-corrected chi connectivity index (χ2v) is 3.44. The molecule has 0 aliphatic carbocycles. The van der Waals surface area contributed by atoms with E-state index in [1.54, 1.807) is 0 Å². The topological polar surface area (TPSA) is 3.24 Å². The molecule has 0 spiro atoms.